The van der Waals surface area contributed by atoms with Crippen LogP contribution in [-0.4, -0.2) is 51.3 Å². The molecule has 3 heteroatoms. The topological polar surface area (TPSA) is 24.5 Å². The Balaban J connectivity index is 4.38. The average molecular weight is 244 g/mol. The first-order chi connectivity index (χ1) is 7.83. The highest BCUT2D eigenvalue weighted by molar-refractivity contribution is 4.83. The molecule has 0 heterocycles. The number of ether oxygens (including phenoxy) is 1. The number of hydrogen-bond acceptors (Lipinski definition) is 3. The van der Waals surface area contributed by atoms with Crippen molar-refractivity contribution < 1.29 is 4.74 Å². The Hall–Kier alpha value is -0.120. The van der Waals surface area contributed by atoms with E-state index >= 15 is 0 Å². The zero-order valence-electron chi connectivity index (χ0n) is 12.8. The summed E-state index contributed by atoms with van der Waals surface area (Å²) < 4.78 is 5.20. The molecule has 17 heavy (non-hydrogen) atoms. The van der Waals surface area contributed by atoms with E-state index in [0.717, 1.165) is 26.2 Å². The van der Waals surface area contributed by atoms with Gasteiger partial charge in [0.2, 0.25) is 0 Å². The van der Waals surface area contributed by atoms with E-state index < -0.39 is 0 Å². The fourth-order valence-electron chi connectivity index (χ4n) is 2.08. The predicted molar refractivity (Wildman–Crippen MR) is 75.5 cm³/mol. The van der Waals surface area contributed by atoms with Gasteiger partial charge >= 0.3 is 0 Å². The standard InChI is InChI=1S/C14H32N2O/c1-12(2)10-16(8-9-17-7)11-14(4,5)13(3)15-6/h12-13,15H,8-11H2,1-7H3. The van der Waals surface area contributed by atoms with Crippen LogP contribution >= 0.6 is 0 Å². The van der Waals surface area contributed by atoms with Crippen LogP contribution in [0, 0.1) is 11.3 Å². The molecule has 1 unspecified atom stereocenters. The molecule has 1 atom stereocenters. The van der Waals surface area contributed by atoms with Crippen LogP contribution in [0.3, 0.4) is 0 Å². The molecule has 0 fully saturated rings. The molecule has 1 N–H and O–H groups in total. The lowest BCUT2D eigenvalue weighted by atomic mass is 9.84. The minimum absolute atomic E-state index is 0.275. The second kappa shape index (κ2) is 8.06. The van der Waals surface area contributed by atoms with Crippen LogP contribution in [0.15, 0.2) is 0 Å². The summed E-state index contributed by atoms with van der Waals surface area (Å²) in [4.78, 5) is 2.52. The van der Waals surface area contributed by atoms with Gasteiger partial charge in [0.05, 0.1) is 6.61 Å². The van der Waals surface area contributed by atoms with Crippen molar-refractivity contribution in [2.24, 2.45) is 11.3 Å². The maximum absolute atomic E-state index is 5.20. The molecule has 0 aliphatic carbocycles. The van der Waals surface area contributed by atoms with E-state index in [2.05, 4.69) is 44.8 Å². The SMILES string of the molecule is CNC(C)C(C)(C)CN(CCOC)CC(C)C. The van der Waals surface area contributed by atoms with Gasteiger partial charge in [-0.25, -0.2) is 0 Å². The summed E-state index contributed by atoms with van der Waals surface area (Å²) in [6.07, 6.45) is 0. The van der Waals surface area contributed by atoms with Crippen LogP contribution in [0.2, 0.25) is 0 Å². The molecular weight excluding hydrogens is 212 g/mol. The average Bonchev–Trinajstić information content (AvgIpc) is 2.23. The number of rotatable bonds is 9. The molecule has 0 rings (SSSR count). The Morgan fingerprint density at radius 1 is 1.24 bits per heavy atom. The van der Waals surface area contributed by atoms with Crippen LogP contribution in [0.25, 0.3) is 0 Å². The fourth-order valence-corrected chi connectivity index (χ4v) is 2.08. The predicted octanol–water partition coefficient (Wildman–Crippen LogP) is 2.22. The summed E-state index contributed by atoms with van der Waals surface area (Å²) in [6, 6.07) is 0.514. The van der Waals surface area contributed by atoms with Crippen molar-refractivity contribution in [1.29, 1.82) is 0 Å². The summed E-state index contributed by atoms with van der Waals surface area (Å²) in [5.74, 6) is 0.701. The van der Waals surface area contributed by atoms with Crippen LogP contribution < -0.4 is 5.32 Å². The molecule has 0 bridgehead atoms. The van der Waals surface area contributed by atoms with E-state index in [0.29, 0.717) is 12.0 Å². The molecule has 0 spiro atoms. The minimum atomic E-state index is 0.275. The summed E-state index contributed by atoms with van der Waals surface area (Å²) in [6.45, 7) is 15.5. The third-order valence-electron chi connectivity index (χ3n) is 3.47. The van der Waals surface area contributed by atoms with E-state index in [-0.39, 0.29) is 5.41 Å². The highest BCUT2D eigenvalue weighted by Gasteiger charge is 2.27. The van der Waals surface area contributed by atoms with Crippen molar-refractivity contribution in [3.63, 3.8) is 0 Å². The van der Waals surface area contributed by atoms with E-state index in [1.165, 1.54) is 0 Å². The van der Waals surface area contributed by atoms with Crippen LogP contribution in [0.5, 0.6) is 0 Å². The second-order valence-electron chi connectivity index (χ2n) is 6.12. The van der Waals surface area contributed by atoms with E-state index in [9.17, 15) is 0 Å². The Morgan fingerprint density at radius 2 is 1.82 bits per heavy atom. The third kappa shape index (κ3) is 7.02. The summed E-state index contributed by atoms with van der Waals surface area (Å²) in [5, 5.41) is 3.36. The molecule has 104 valence electrons. The number of nitrogens with zero attached hydrogens (tertiary/aromatic N) is 1. The van der Waals surface area contributed by atoms with Gasteiger partial charge < -0.3 is 15.0 Å². The largest absolute Gasteiger partial charge is 0.383 e. The minimum Gasteiger partial charge on any atom is -0.383 e. The van der Waals surface area contributed by atoms with Crippen molar-refractivity contribution >= 4 is 0 Å². The Kier molecular flexibility index (Phi) is 8.01. The number of hydrogen-bond donors (Lipinski definition) is 1. The molecule has 0 aromatic rings. The molecule has 3 nitrogen and oxygen atoms in total. The van der Waals surface area contributed by atoms with Gasteiger partial charge in [-0.05, 0) is 25.3 Å². The molecule has 0 aromatic carbocycles. The maximum atomic E-state index is 5.20. The zero-order valence-corrected chi connectivity index (χ0v) is 12.8. The second-order valence-corrected chi connectivity index (χ2v) is 6.12. The summed E-state index contributed by atoms with van der Waals surface area (Å²) in [7, 11) is 3.81. The first kappa shape index (κ1) is 16.9. The van der Waals surface area contributed by atoms with Crippen LogP contribution in [0.1, 0.15) is 34.6 Å². The Bertz CT molecular complexity index is 193. The fraction of sp³-hybridized carbons (Fsp3) is 1.00. The molecular formula is C14H32N2O. The van der Waals surface area contributed by atoms with Gasteiger partial charge in [0, 0.05) is 32.8 Å². The highest BCUT2D eigenvalue weighted by atomic mass is 16.5. The normalized spacial score (nSPS) is 14.6. The molecule has 0 saturated heterocycles. The Morgan fingerprint density at radius 3 is 2.24 bits per heavy atom. The quantitative estimate of drug-likeness (QED) is 0.673. The van der Waals surface area contributed by atoms with Crippen LogP contribution in [-0.2, 0) is 4.74 Å². The van der Waals surface area contributed by atoms with Gasteiger partial charge in [0.25, 0.3) is 0 Å². The van der Waals surface area contributed by atoms with E-state index in [4.69, 9.17) is 4.74 Å². The maximum Gasteiger partial charge on any atom is 0.0589 e. The van der Waals surface area contributed by atoms with Gasteiger partial charge in [-0.1, -0.05) is 27.7 Å². The van der Waals surface area contributed by atoms with Gasteiger partial charge in [-0.3, -0.25) is 0 Å². The summed E-state index contributed by atoms with van der Waals surface area (Å²) >= 11 is 0. The first-order valence-corrected chi connectivity index (χ1v) is 6.72. The van der Waals surface area contributed by atoms with Crippen molar-refractivity contribution in [2.45, 2.75) is 40.7 Å². The van der Waals surface area contributed by atoms with E-state index in [1.807, 2.05) is 7.05 Å². The lowest BCUT2D eigenvalue weighted by Gasteiger charge is -2.37. The van der Waals surface area contributed by atoms with Crippen molar-refractivity contribution in [3.8, 4) is 0 Å². The molecule has 0 aliphatic rings. The molecule has 0 aromatic heterocycles. The first-order valence-electron chi connectivity index (χ1n) is 6.72. The number of nitrogens with one attached hydrogen (secondary N) is 1. The van der Waals surface area contributed by atoms with Crippen molar-refractivity contribution in [1.82, 2.24) is 10.2 Å². The van der Waals surface area contributed by atoms with E-state index in [1.54, 1.807) is 7.11 Å². The Labute approximate surface area is 108 Å². The lowest BCUT2D eigenvalue weighted by Crippen LogP contribution is -2.47. The van der Waals surface area contributed by atoms with Gasteiger partial charge in [0.15, 0.2) is 0 Å². The van der Waals surface area contributed by atoms with Crippen LogP contribution in [0.4, 0.5) is 0 Å². The molecule has 0 saturated carbocycles. The number of methoxy groups -OCH3 is 1. The van der Waals surface area contributed by atoms with Crippen molar-refractivity contribution in [2.75, 3.05) is 40.4 Å². The third-order valence-corrected chi connectivity index (χ3v) is 3.47. The van der Waals surface area contributed by atoms with Gasteiger partial charge in [-0.15, -0.1) is 0 Å². The smallest absolute Gasteiger partial charge is 0.0589 e. The molecule has 0 amide bonds. The van der Waals surface area contributed by atoms with Crippen molar-refractivity contribution in [3.05, 3.63) is 0 Å². The monoisotopic (exact) mass is 244 g/mol. The highest BCUT2D eigenvalue weighted by Crippen LogP contribution is 2.22. The van der Waals surface area contributed by atoms with Gasteiger partial charge in [-0.2, -0.15) is 0 Å². The lowest BCUT2D eigenvalue weighted by molar-refractivity contribution is 0.0963. The van der Waals surface area contributed by atoms with Gasteiger partial charge in [0.1, 0.15) is 0 Å². The molecule has 0 radical (unpaired) electrons. The zero-order chi connectivity index (χ0) is 13.5. The summed E-state index contributed by atoms with van der Waals surface area (Å²) in [5.41, 5.74) is 0.275. The molecule has 0 aliphatic heterocycles.